The zero-order valence-electron chi connectivity index (χ0n) is 33.3. The molecule has 0 saturated heterocycles. The van der Waals surface area contributed by atoms with Crippen LogP contribution in [0.2, 0.25) is 0 Å². The van der Waals surface area contributed by atoms with Gasteiger partial charge in [0.1, 0.15) is 11.5 Å². The van der Waals surface area contributed by atoms with Crippen molar-refractivity contribution in [1.82, 2.24) is 18.7 Å². The molecule has 3 aromatic heterocycles. The fourth-order valence-corrected chi connectivity index (χ4v) is 7.98. The fourth-order valence-electron chi connectivity index (χ4n) is 7.98. The van der Waals surface area contributed by atoms with Crippen molar-refractivity contribution in [3.8, 4) is 22.6 Å². The first-order chi connectivity index (χ1) is 27.1. The lowest BCUT2D eigenvalue weighted by atomic mass is 9.93. The predicted octanol–water partition coefficient (Wildman–Crippen LogP) is 12.6. The number of para-hydroxylation sites is 4. The molecule has 53 heavy (non-hydrogen) atoms. The van der Waals surface area contributed by atoms with Crippen molar-refractivity contribution < 1.29 is 4.11 Å². The summed E-state index contributed by atoms with van der Waals surface area (Å²) in [7, 11) is 0. The number of benzene rings is 6. The van der Waals surface area contributed by atoms with Crippen molar-refractivity contribution in [3.63, 3.8) is 0 Å². The van der Waals surface area contributed by atoms with E-state index in [1.165, 1.54) is 15.7 Å². The summed E-state index contributed by atoms with van der Waals surface area (Å²) in [5.41, 5.74) is 13.4. The SMILES string of the molecule is [2H]C([2H])([2H])n1[cH+]n(-c2cccc(N(c3ccc4c5ccccc5n(-c5cc(-c6ccccc6C(C)C)ccn5)c4c3)c3c(C)cccc3C)c2)c2ccccc21. The number of fused-ring (bicyclic) bond motifs is 4. The van der Waals surface area contributed by atoms with Crippen LogP contribution in [0, 0.1) is 13.8 Å². The Morgan fingerprint density at radius 3 is 2.15 bits per heavy atom. The molecule has 9 rings (SSSR count). The zero-order chi connectivity index (χ0) is 38.7. The van der Waals surface area contributed by atoms with Crippen molar-refractivity contribution in [2.24, 2.45) is 6.98 Å². The van der Waals surface area contributed by atoms with Crippen LogP contribution in [-0.4, -0.2) is 18.7 Å². The highest BCUT2D eigenvalue weighted by molar-refractivity contribution is 6.10. The van der Waals surface area contributed by atoms with Gasteiger partial charge in [0.05, 0.1) is 22.4 Å². The molecule has 3 heterocycles. The molecule has 0 bridgehead atoms. The van der Waals surface area contributed by atoms with E-state index in [2.05, 4.69) is 146 Å². The van der Waals surface area contributed by atoms with Crippen LogP contribution in [0.4, 0.5) is 17.1 Å². The van der Waals surface area contributed by atoms with E-state index in [0.29, 0.717) is 11.4 Å². The van der Waals surface area contributed by atoms with E-state index in [1.807, 2.05) is 47.2 Å². The lowest BCUT2D eigenvalue weighted by Crippen LogP contribution is -2.13. The second kappa shape index (κ2) is 12.9. The van der Waals surface area contributed by atoms with Gasteiger partial charge in [0.25, 0.3) is 0 Å². The van der Waals surface area contributed by atoms with E-state index in [4.69, 9.17) is 9.10 Å². The van der Waals surface area contributed by atoms with Crippen LogP contribution in [0.5, 0.6) is 0 Å². The first-order valence-corrected chi connectivity index (χ1v) is 18.2. The van der Waals surface area contributed by atoms with Crippen LogP contribution < -0.4 is 4.90 Å². The number of hydrogen-bond donors (Lipinski definition) is 0. The Balaban J connectivity index is 1.26. The van der Waals surface area contributed by atoms with Gasteiger partial charge in [-0.25, -0.2) is 9.55 Å². The van der Waals surface area contributed by atoms with Gasteiger partial charge in [-0.3, -0.25) is 4.57 Å². The Labute approximate surface area is 314 Å². The molecule has 5 heteroatoms. The van der Waals surface area contributed by atoms with Crippen LogP contribution in [0.15, 0.2) is 158 Å². The van der Waals surface area contributed by atoms with Gasteiger partial charge in [0, 0.05) is 58.0 Å². The van der Waals surface area contributed by atoms with Gasteiger partial charge in [-0.1, -0.05) is 80.6 Å². The van der Waals surface area contributed by atoms with Gasteiger partial charge in [-0.15, -0.1) is 0 Å². The zero-order valence-corrected chi connectivity index (χ0v) is 30.3. The Hall–Kier alpha value is -6.46. The summed E-state index contributed by atoms with van der Waals surface area (Å²) in [6.07, 6.45) is 3.60. The van der Waals surface area contributed by atoms with Crippen LogP contribution in [-0.2, 0) is 6.98 Å². The van der Waals surface area contributed by atoms with Crippen LogP contribution >= 0.6 is 0 Å². The minimum absolute atomic E-state index is 0.381. The Morgan fingerprint density at radius 2 is 1.34 bits per heavy atom. The highest BCUT2D eigenvalue weighted by Crippen LogP contribution is 2.42. The summed E-state index contributed by atoms with van der Waals surface area (Å²) in [5, 5.41) is 2.30. The van der Waals surface area contributed by atoms with E-state index < -0.39 is 6.98 Å². The molecule has 0 fully saturated rings. The second-order valence-corrected chi connectivity index (χ2v) is 14.1. The topological polar surface area (TPSA) is 30.9 Å². The first kappa shape index (κ1) is 29.2. The maximum atomic E-state index is 8.25. The molecule has 5 nitrogen and oxygen atoms in total. The average molecular weight is 692 g/mol. The quantitative estimate of drug-likeness (QED) is 0.156. The molecule has 0 N–H and O–H groups in total. The van der Waals surface area contributed by atoms with Gasteiger partial charge in [-0.2, -0.15) is 4.57 Å². The molecule has 0 aliphatic rings. The number of rotatable bonds is 7. The van der Waals surface area contributed by atoms with E-state index >= 15 is 0 Å². The summed E-state index contributed by atoms with van der Waals surface area (Å²) in [4.78, 5) is 7.32. The van der Waals surface area contributed by atoms with Crippen molar-refractivity contribution in [2.45, 2.75) is 33.6 Å². The van der Waals surface area contributed by atoms with Crippen LogP contribution in [0.3, 0.4) is 0 Å². The van der Waals surface area contributed by atoms with Crippen molar-refractivity contribution >= 4 is 49.9 Å². The van der Waals surface area contributed by atoms with Crippen LogP contribution in [0.25, 0.3) is 55.5 Å². The molecule has 0 aliphatic carbocycles. The Bertz CT molecular complexity index is 2910. The van der Waals surface area contributed by atoms with Gasteiger partial charge >= 0.3 is 0 Å². The number of aryl methyl sites for hydroxylation is 3. The number of hydrogen-bond acceptors (Lipinski definition) is 2. The number of imidazole rings is 1. The third kappa shape index (κ3) is 5.48. The molecular formula is C48H42N5+. The summed E-state index contributed by atoms with van der Waals surface area (Å²) in [6.45, 7) is 6.45. The molecule has 0 saturated carbocycles. The third-order valence-electron chi connectivity index (χ3n) is 10.4. The van der Waals surface area contributed by atoms with Gasteiger partial charge in [0.15, 0.2) is 17.4 Å². The molecule has 0 spiro atoms. The largest absolute Gasteiger partial charge is 0.309 e. The Kier molecular flexibility index (Phi) is 7.12. The minimum Gasteiger partial charge on any atom is -0.309 e. The normalized spacial score (nSPS) is 12.7. The lowest BCUT2D eigenvalue weighted by Gasteiger charge is -2.29. The van der Waals surface area contributed by atoms with E-state index in [-0.39, 0.29) is 0 Å². The van der Waals surface area contributed by atoms with Crippen molar-refractivity contribution in [2.75, 3.05) is 4.90 Å². The predicted molar refractivity (Wildman–Crippen MR) is 222 cm³/mol. The molecule has 0 atom stereocenters. The van der Waals surface area contributed by atoms with E-state index in [9.17, 15) is 0 Å². The molecule has 0 aliphatic heterocycles. The van der Waals surface area contributed by atoms with Crippen molar-refractivity contribution in [3.05, 3.63) is 175 Å². The summed E-state index contributed by atoms with van der Waals surface area (Å²) >= 11 is 0. The van der Waals surface area contributed by atoms with Crippen LogP contribution in [0.1, 0.15) is 40.6 Å². The standard InChI is InChI=1S/C48H42N5/c1-32(2)39-18-6-7-19-40(39)35-26-27-49-47(28-35)53-43-21-9-8-20-41(43)42-25-24-38(30-46(42)53)52(48-33(3)14-12-15-34(48)4)37-17-13-16-36(29-37)51-31-50(5)44-22-10-11-23-45(44)51/h6-32H,1-5H3/q+1/i5D3. The van der Waals surface area contributed by atoms with Gasteiger partial charge in [0.2, 0.25) is 0 Å². The Morgan fingerprint density at radius 1 is 0.642 bits per heavy atom. The molecule has 6 aromatic carbocycles. The number of anilines is 3. The number of pyridine rings is 1. The summed E-state index contributed by atoms with van der Waals surface area (Å²) in [5.74, 6) is 1.23. The molecule has 9 aromatic rings. The lowest BCUT2D eigenvalue weighted by molar-refractivity contribution is 0.869. The molecule has 0 unspecified atom stereocenters. The van der Waals surface area contributed by atoms with Gasteiger partial charge < -0.3 is 4.90 Å². The highest BCUT2D eigenvalue weighted by atomic mass is 15.2. The van der Waals surface area contributed by atoms with E-state index in [1.54, 1.807) is 6.33 Å². The van der Waals surface area contributed by atoms with E-state index in [0.717, 1.165) is 72.6 Å². The third-order valence-corrected chi connectivity index (χ3v) is 10.4. The number of nitrogens with zero attached hydrogens (tertiary/aromatic N) is 5. The molecule has 0 radical (unpaired) electrons. The molecule has 0 amide bonds. The molecule has 258 valence electrons. The maximum Gasteiger partial charge on any atom is 0.191 e. The summed E-state index contributed by atoms with van der Waals surface area (Å²) < 4.78 is 30.4. The second-order valence-electron chi connectivity index (χ2n) is 14.1. The average Bonchev–Trinajstić information content (AvgIpc) is 3.76. The van der Waals surface area contributed by atoms with Crippen molar-refractivity contribution in [1.29, 1.82) is 0 Å². The fraction of sp³-hybridized carbons (Fsp3) is 0.125. The summed E-state index contributed by atoms with van der Waals surface area (Å²) in [6, 6.07) is 50.6. The molecular weight excluding hydrogens is 647 g/mol. The first-order valence-electron chi connectivity index (χ1n) is 19.7. The highest BCUT2D eigenvalue weighted by Gasteiger charge is 2.22. The van der Waals surface area contributed by atoms with Gasteiger partial charge in [-0.05, 0) is 102 Å². The minimum atomic E-state index is -2.33. The smallest absolute Gasteiger partial charge is 0.191 e. The monoisotopic (exact) mass is 691 g/mol. The number of aromatic nitrogens is 4. The maximum absolute atomic E-state index is 8.25.